The maximum atomic E-state index is 13.2. The van der Waals surface area contributed by atoms with Gasteiger partial charge >= 0.3 is 18.0 Å². The number of carboxylic acid groups (broad SMARTS) is 1. The minimum atomic E-state index is -1.21. The first-order valence-electron chi connectivity index (χ1n) is 12.7. The standard InChI is InChI=1S/C26H47N3O8/c1-15(2)13-18(21(32)27-17(11-12-20(30)31)23(34)36-25(5,6)7)28-22(33)19(14-16(3)4)29-24(35)37-26(8,9)10/h15-19H,11-14H2,1-10H3,(H,27,32)(H,28,33)(H,29,35)(H,30,31)/t17-,18-,19-/m0/s1. The molecule has 3 amide bonds. The zero-order chi connectivity index (χ0) is 29.1. The molecular weight excluding hydrogens is 482 g/mol. The van der Waals surface area contributed by atoms with Gasteiger partial charge in [0.2, 0.25) is 11.8 Å². The second-order valence-corrected chi connectivity index (χ2v) is 12.0. The van der Waals surface area contributed by atoms with Gasteiger partial charge < -0.3 is 30.5 Å². The Kier molecular flexibility index (Phi) is 13.6. The molecule has 11 heteroatoms. The van der Waals surface area contributed by atoms with E-state index in [0.29, 0.717) is 6.42 Å². The first kappa shape index (κ1) is 34.1. The molecule has 3 atom stereocenters. The van der Waals surface area contributed by atoms with Gasteiger partial charge in [-0.2, -0.15) is 0 Å². The highest BCUT2D eigenvalue weighted by Gasteiger charge is 2.33. The van der Waals surface area contributed by atoms with Crippen molar-refractivity contribution in [1.29, 1.82) is 0 Å². The molecule has 0 spiro atoms. The predicted molar refractivity (Wildman–Crippen MR) is 139 cm³/mol. The van der Waals surface area contributed by atoms with Crippen LogP contribution < -0.4 is 16.0 Å². The molecule has 0 rings (SSSR count). The fourth-order valence-electron chi connectivity index (χ4n) is 3.29. The van der Waals surface area contributed by atoms with Crippen molar-refractivity contribution in [2.24, 2.45) is 11.8 Å². The Morgan fingerprint density at radius 1 is 0.676 bits per heavy atom. The monoisotopic (exact) mass is 529 g/mol. The summed E-state index contributed by atoms with van der Waals surface area (Å²) >= 11 is 0. The number of nitrogens with one attached hydrogen (secondary N) is 3. The first-order valence-corrected chi connectivity index (χ1v) is 12.7. The highest BCUT2D eigenvalue weighted by molar-refractivity contribution is 5.93. The van der Waals surface area contributed by atoms with Gasteiger partial charge in [0.1, 0.15) is 29.3 Å². The molecule has 0 aliphatic carbocycles. The highest BCUT2D eigenvalue weighted by Crippen LogP contribution is 2.14. The molecule has 37 heavy (non-hydrogen) atoms. The van der Waals surface area contributed by atoms with Crippen LogP contribution in [-0.2, 0) is 28.7 Å². The summed E-state index contributed by atoms with van der Waals surface area (Å²) < 4.78 is 10.6. The summed E-state index contributed by atoms with van der Waals surface area (Å²) in [4.78, 5) is 62.4. The number of hydrogen-bond acceptors (Lipinski definition) is 7. The normalized spacial score (nSPS) is 14.4. The molecule has 11 nitrogen and oxygen atoms in total. The second-order valence-electron chi connectivity index (χ2n) is 12.0. The Balaban J connectivity index is 5.74. The van der Waals surface area contributed by atoms with E-state index in [4.69, 9.17) is 14.6 Å². The molecule has 0 aliphatic rings. The van der Waals surface area contributed by atoms with E-state index in [1.807, 2.05) is 27.7 Å². The quantitative estimate of drug-likeness (QED) is 0.265. The molecule has 0 bridgehead atoms. The number of esters is 1. The topological polar surface area (TPSA) is 160 Å². The van der Waals surface area contributed by atoms with Gasteiger partial charge in [0.05, 0.1) is 0 Å². The highest BCUT2D eigenvalue weighted by atomic mass is 16.6. The SMILES string of the molecule is CC(C)C[C@H](NC(=O)OC(C)(C)C)C(=O)N[C@@H](CC(C)C)C(=O)N[C@@H](CCC(=O)O)C(=O)OC(C)(C)C. The Bertz CT molecular complexity index is 797. The third-order valence-electron chi connectivity index (χ3n) is 4.71. The third kappa shape index (κ3) is 16.5. The van der Waals surface area contributed by atoms with E-state index in [9.17, 15) is 24.0 Å². The Hall–Kier alpha value is -2.85. The van der Waals surface area contributed by atoms with E-state index in [-0.39, 0.29) is 31.1 Å². The van der Waals surface area contributed by atoms with Gasteiger partial charge in [-0.15, -0.1) is 0 Å². The van der Waals surface area contributed by atoms with Crippen LogP contribution in [-0.4, -0.2) is 64.3 Å². The Labute approximate surface area is 220 Å². The van der Waals surface area contributed by atoms with Gasteiger partial charge in [0.15, 0.2) is 0 Å². The third-order valence-corrected chi connectivity index (χ3v) is 4.71. The molecule has 4 N–H and O–H groups in total. The molecule has 0 radical (unpaired) electrons. The van der Waals surface area contributed by atoms with Gasteiger partial charge in [-0.1, -0.05) is 27.7 Å². The average molecular weight is 530 g/mol. The van der Waals surface area contributed by atoms with Crippen LogP contribution in [0.5, 0.6) is 0 Å². The fraction of sp³-hybridized carbons (Fsp3) is 0.808. The van der Waals surface area contributed by atoms with Crippen LogP contribution in [0, 0.1) is 11.8 Å². The summed E-state index contributed by atoms with van der Waals surface area (Å²) in [6, 6.07) is -3.19. The predicted octanol–water partition coefficient (Wildman–Crippen LogP) is 3.15. The van der Waals surface area contributed by atoms with E-state index in [0.717, 1.165) is 0 Å². The van der Waals surface area contributed by atoms with Crippen molar-refractivity contribution in [3.05, 3.63) is 0 Å². The number of alkyl carbamates (subject to hydrolysis) is 1. The second kappa shape index (κ2) is 14.8. The van der Waals surface area contributed by atoms with E-state index < -0.39 is 59.2 Å². The lowest BCUT2D eigenvalue weighted by atomic mass is 9.99. The van der Waals surface area contributed by atoms with Crippen molar-refractivity contribution in [3.63, 3.8) is 0 Å². The van der Waals surface area contributed by atoms with Gasteiger partial charge in [0.25, 0.3) is 0 Å². The number of aliphatic carboxylic acids is 1. The van der Waals surface area contributed by atoms with Crippen LogP contribution in [0.15, 0.2) is 0 Å². The van der Waals surface area contributed by atoms with Gasteiger partial charge in [-0.25, -0.2) is 9.59 Å². The zero-order valence-corrected chi connectivity index (χ0v) is 24.0. The van der Waals surface area contributed by atoms with Crippen molar-refractivity contribution in [2.45, 2.75) is 124 Å². The van der Waals surface area contributed by atoms with Crippen LogP contribution >= 0.6 is 0 Å². The van der Waals surface area contributed by atoms with Crippen molar-refractivity contribution in [2.75, 3.05) is 0 Å². The van der Waals surface area contributed by atoms with Crippen molar-refractivity contribution < 1.29 is 38.6 Å². The van der Waals surface area contributed by atoms with E-state index in [1.54, 1.807) is 41.5 Å². The minimum Gasteiger partial charge on any atom is -0.481 e. The lowest BCUT2D eigenvalue weighted by Gasteiger charge is -2.28. The number of amides is 3. The lowest BCUT2D eigenvalue weighted by molar-refractivity contribution is -0.159. The molecule has 0 unspecified atom stereocenters. The van der Waals surface area contributed by atoms with Crippen LogP contribution in [0.2, 0.25) is 0 Å². The zero-order valence-electron chi connectivity index (χ0n) is 24.0. The fourth-order valence-corrected chi connectivity index (χ4v) is 3.29. The average Bonchev–Trinajstić information content (AvgIpc) is 2.66. The molecular formula is C26H47N3O8. The number of carbonyl (C=O) groups is 5. The summed E-state index contributed by atoms with van der Waals surface area (Å²) in [5.41, 5.74) is -1.60. The van der Waals surface area contributed by atoms with Crippen molar-refractivity contribution in [1.82, 2.24) is 16.0 Å². The lowest BCUT2D eigenvalue weighted by Crippen LogP contribution is -2.57. The summed E-state index contributed by atoms with van der Waals surface area (Å²) in [6.07, 6.45) is -0.730. The molecule has 0 saturated heterocycles. The Morgan fingerprint density at radius 2 is 1.08 bits per heavy atom. The maximum absolute atomic E-state index is 13.2. The van der Waals surface area contributed by atoms with Crippen molar-refractivity contribution in [3.8, 4) is 0 Å². The summed E-state index contributed by atoms with van der Waals surface area (Å²) in [7, 11) is 0. The van der Waals surface area contributed by atoms with Crippen LogP contribution in [0.25, 0.3) is 0 Å². The number of rotatable bonds is 13. The van der Waals surface area contributed by atoms with Crippen molar-refractivity contribution >= 4 is 29.8 Å². The van der Waals surface area contributed by atoms with Gasteiger partial charge in [-0.3, -0.25) is 14.4 Å². The first-order chi connectivity index (χ1) is 16.7. The molecule has 0 aromatic rings. The smallest absolute Gasteiger partial charge is 0.408 e. The van der Waals surface area contributed by atoms with Gasteiger partial charge in [0, 0.05) is 6.42 Å². The maximum Gasteiger partial charge on any atom is 0.408 e. The van der Waals surface area contributed by atoms with E-state index in [1.165, 1.54) is 0 Å². The molecule has 0 aromatic heterocycles. The summed E-state index contributed by atoms with van der Waals surface area (Å²) in [6.45, 7) is 17.6. The van der Waals surface area contributed by atoms with Gasteiger partial charge in [-0.05, 0) is 72.6 Å². The van der Waals surface area contributed by atoms with E-state index >= 15 is 0 Å². The number of carboxylic acids is 1. The largest absolute Gasteiger partial charge is 0.481 e. The van der Waals surface area contributed by atoms with Crippen LogP contribution in [0.3, 0.4) is 0 Å². The Morgan fingerprint density at radius 3 is 1.46 bits per heavy atom. The molecule has 214 valence electrons. The van der Waals surface area contributed by atoms with Crippen LogP contribution in [0.1, 0.15) is 94.9 Å². The number of ether oxygens (including phenoxy) is 2. The molecule has 0 fully saturated rings. The molecule has 0 saturated carbocycles. The van der Waals surface area contributed by atoms with E-state index in [2.05, 4.69) is 16.0 Å². The molecule has 0 aromatic carbocycles. The number of hydrogen-bond donors (Lipinski definition) is 4. The number of carbonyl (C=O) groups excluding carboxylic acids is 4. The summed E-state index contributed by atoms with van der Waals surface area (Å²) in [5, 5.41) is 16.9. The summed E-state index contributed by atoms with van der Waals surface area (Å²) in [5.74, 6) is -3.06. The minimum absolute atomic E-state index is 0.00240. The van der Waals surface area contributed by atoms with Crippen LogP contribution in [0.4, 0.5) is 4.79 Å². The molecule has 0 heterocycles. The molecule has 0 aliphatic heterocycles.